The molecule has 1 fully saturated rings. The smallest absolute Gasteiger partial charge is 0.325 e. The van der Waals surface area contributed by atoms with Gasteiger partial charge in [-0.2, -0.15) is 0 Å². The van der Waals surface area contributed by atoms with Gasteiger partial charge in [-0.05, 0) is 25.7 Å². The van der Waals surface area contributed by atoms with Gasteiger partial charge in [-0.25, -0.2) is 0 Å². The van der Waals surface area contributed by atoms with E-state index in [1.807, 2.05) is 0 Å². The lowest BCUT2D eigenvalue weighted by atomic mass is 10.2. The minimum Gasteiger partial charge on any atom is -0.436 e. The molecule has 6 nitrogen and oxygen atoms in total. The Bertz CT molecular complexity index is 294. The maximum atomic E-state index is 11.4. The van der Waals surface area contributed by atoms with E-state index in [1.54, 1.807) is 0 Å². The first-order valence-electron chi connectivity index (χ1n) is 6.33. The highest BCUT2D eigenvalue weighted by molar-refractivity contribution is 7.51. The lowest BCUT2D eigenvalue weighted by Gasteiger charge is -2.22. The molecule has 0 bridgehead atoms. The third kappa shape index (κ3) is 7.82. The van der Waals surface area contributed by atoms with Crippen molar-refractivity contribution < 1.29 is 28.6 Å². The molecule has 0 saturated carbocycles. The third-order valence-corrected chi connectivity index (χ3v) is 3.63. The summed E-state index contributed by atoms with van der Waals surface area (Å²) in [7, 11) is -3.89. The Hall–Kier alpha value is -0.420. The molecular weight excluding hydrogens is 259 g/mol. The summed E-state index contributed by atoms with van der Waals surface area (Å²) in [5, 5.41) is 0. The van der Waals surface area contributed by atoms with E-state index in [2.05, 4.69) is 0 Å². The first-order chi connectivity index (χ1) is 8.47. The van der Waals surface area contributed by atoms with Gasteiger partial charge < -0.3 is 19.3 Å². The van der Waals surface area contributed by atoms with E-state index in [1.165, 1.54) is 0 Å². The minimum absolute atomic E-state index is 0.117. The molecule has 1 rings (SSSR count). The van der Waals surface area contributed by atoms with Crippen molar-refractivity contribution in [1.82, 2.24) is 0 Å². The summed E-state index contributed by atoms with van der Waals surface area (Å²) in [6.45, 7) is 0.639. The number of rotatable bonds is 7. The minimum atomic E-state index is -3.89. The van der Waals surface area contributed by atoms with Gasteiger partial charge in [0.1, 0.15) is 0 Å². The summed E-state index contributed by atoms with van der Waals surface area (Å²) in [5.74, 6) is -0.293. The van der Waals surface area contributed by atoms with Crippen LogP contribution < -0.4 is 0 Å². The van der Waals surface area contributed by atoms with Crippen molar-refractivity contribution in [2.24, 2.45) is 0 Å². The zero-order valence-corrected chi connectivity index (χ0v) is 11.3. The van der Waals surface area contributed by atoms with Gasteiger partial charge in [0.15, 0.2) is 0 Å². The second-order valence-electron chi connectivity index (χ2n) is 4.48. The highest BCUT2D eigenvalue weighted by Crippen LogP contribution is 2.35. The predicted octanol–water partition coefficient (Wildman–Crippen LogP) is 1.79. The van der Waals surface area contributed by atoms with Crippen molar-refractivity contribution >= 4 is 13.6 Å². The van der Waals surface area contributed by atoms with Gasteiger partial charge in [-0.1, -0.05) is 6.42 Å². The van der Waals surface area contributed by atoms with Crippen molar-refractivity contribution in [2.45, 2.75) is 51.2 Å². The molecule has 1 unspecified atom stereocenters. The van der Waals surface area contributed by atoms with E-state index >= 15 is 0 Å². The molecule has 0 spiro atoms. The topological polar surface area (TPSA) is 93.1 Å². The van der Waals surface area contributed by atoms with Crippen LogP contribution in [0.15, 0.2) is 0 Å². The summed E-state index contributed by atoms with van der Waals surface area (Å²) in [4.78, 5) is 28.7. The van der Waals surface area contributed by atoms with Gasteiger partial charge >= 0.3 is 13.6 Å². The van der Waals surface area contributed by atoms with E-state index in [0.717, 1.165) is 19.3 Å². The van der Waals surface area contributed by atoms with E-state index in [0.29, 0.717) is 25.9 Å². The zero-order valence-electron chi connectivity index (χ0n) is 10.4. The maximum absolute atomic E-state index is 11.4. The van der Waals surface area contributed by atoms with Crippen LogP contribution in [-0.2, 0) is 18.8 Å². The monoisotopic (exact) mass is 280 g/mol. The maximum Gasteiger partial charge on any atom is 0.325 e. The zero-order chi connectivity index (χ0) is 13.4. The molecule has 0 amide bonds. The number of hydrogen-bond acceptors (Lipinski definition) is 4. The van der Waals surface area contributed by atoms with Crippen LogP contribution in [0.4, 0.5) is 0 Å². The summed E-state index contributed by atoms with van der Waals surface area (Å²) >= 11 is 0. The fourth-order valence-electron chi connectivity index (χ4n) is 1.77. The molecule has 18 heavy (non-hydrogen) atoms. The van der Waals surface area contributed by atoms with Crippen molar-refractivity contribution in [3.63, 3.8) is 0 Å². The second-order valence-corrected chi connectivity index (χ2v) is 6.26. The Morgan fingerprint density at radius 1 is 1.28 bits per heavy atom. The van der Waals surface area contributed by atoms with Crippen molar-refractivity contribution in [3.05, 3.63) is 0 Å². The highest BCUT2D eigenvalue weighted by Gasteiger charge is 2.18. The van der Waals surface area contributed by atoms with Crippen LogP contribution in [0.25, 0.3) is 0 Å². The van der Waals surface area contributed by atoms with Gasteiger partial charge in [-0.3, -0.25) is 9.36 Å². The normalized spacial score (nSPS) is 20.7. The Morgan fingerprint density at radius 3 is 2.67 bits per heavy atom. The Balaban J connectivity index is 2.01. The molecule has 0 aromatic heterocycles. The SMILES string of the molecule is O=C(CCCCCP(=O)(O)O)OC1CCCCO1. The molecule has 2 N–H and O–H groups in total. The molecule has 0 aromatic carbocycles. The lowest BCUT2D eigenvalue weighted by Crippen LogP contribution is -2.25. The Morgan fingerprint density at radius 2 is 2.06 bits per heavy atom. The molecule has 1 aliphatic heterocycles. The van der Waals surface area contributed by atoms with Crippen molar-refractivity contribution in [3.8, 4) is 0 Å². The van der Waals surface area contributed by atoms with E-state index in [-0.39, 0.29) is 18.6 Å². The van der Waals surface area contributed by atoms with Gasteiger partial charge in [-0.15, -0.1) is 0 Å². The first kappa shape index (κ1) is 15.6. The van der Waals surface area contributed by atoms with Gasteiger partial charge in [0, 0.05) is 19.0 Å². The number of carbonyl (C=O) groups excluding carboxylic acids is 1. The van der Waals surface area contributed by atoms with Crippen LogP contribution in [0.2, 0.25) is 0 Å². The predicted molar refractivity (Wildman–Crippen MR) is 65.1 cm³/mol. The molecule has 7 heteroatoms. The fourth-order valence-corrected chi connectivity index (χ4v) is 2.41. The molecule has 0 aromatic rings. The number of unbranched alkanes of at least 4 members (excludes halogenated alkanes) is 2. The van der Waals surface area contributed by atoms with Gasteiger partial charge in [0.05, 0.1) is 6.61 Å². The number of esters is 1. The van der Waals surface area contributed by atoms with Crippen LogP contribution in [0.5, 0.6) is 0 Å². The second kappa shape index (κ2) is 7.89. The average molecular weight is 280 g/mol. The molecule has 1 heterocycles. The van der Waals surface area contributed by atoms with Crippen LogP contribution >= 0.6 is 7.60 Å². The molecule has 1 saturated heterocycles. The average Bonchev–Trinajstić information content (AvgIpc) is 2.28. The van der Waals surface area contributed by atoms with Gasteiger partial charge in [0.25, 0.3) is 0 Å². The quantitative estimate of drug-likeness (QED) is 0.419. The molecule has 106 valence electrons. The standard InChI is InChI=1S/C11H21O6P/c12-10(17-11-7-3-4-8-16-11)6-2-1-5-9-18(13,14)15/h11H,1-9H2,(H2,13,14,15). The van der Waals surface area contributed by atoms with Gasteiger partial charge in [0.2, 0.25) is 6.29 Å². The third-order valence-electron chi connectivity index (χ3n) is 2.73. The first-order valence-corrected chi connectivity index (χ1v) is 8.13. The molecule has 1 atom stereocenters. The number of hydrogen-bond donors (Lipinski definition) is 2. The van der Waals surface area contributed by atoms with Crippen LogP contribution in [0.1, 0.15) is 44.9 Å². The van der Waals surface area contributed by atoms with Crippen molar-refractivity contribution in [1.29, 1.82) is 0 Å². The molecule has 0 radical (unpaired) electrons. The highest BCUT2D eigenvalue weighted by atomic mass is 31.2. The van der Waals surface area contributed by atoms with E-state index < -0.39 is 13.9 Å². The fraction of sp³-hybridized carbons (Fsp3) is 0.909. The molecule has 0 aliphatic carbocycles. The Kier molecular flexibility index (Phi) is 6.86. The van der Waals surface area contributed by atoms with Crippen LogP contribution in [-0.4, -0.2) is 34.8 Å². The van der Waals surface area contributed by atoms with Crippen LogP contribution in [0.3, 0.4) is 0 Å². The number of carbonyl (C=O) groups is 1. The summed E-state index contributed by atoms with van der Waals surface area (Å²) in [6, 6.07) is 0. The van der Waals surface area contributed by atoms with Crippen LogP contribution in [0, 0.1) is 0 Å². The lowest BCUT2D eigenvalue weighted by molar-refractivity contribution is -0.186. The van der Waals surface area contributed by atoms with E-state index in [9.17, 15) is 9.36 Å². The summed E-state index contributed by atoms with van der Waals surface area (Å²) in [5.41, 5.74) is 0. The molecular formula is C11H21O6P. The van der Waals surface area contributed by atoms with Crippen molar-refractivity contribution in [2.75, 3.05) is 12.8 Å². The summed E-state index contributed by atoms with van der Waals surface area (Å²) < 4.78 is 21.0. The number of ether oxygens (including phenoxy) is 2. The van der Waals surface area contributed by atoms with E-state index in [4.69, 9.17) is 19.3 Å². The largest absolute Gasteiger partial charge is 0.436 e. The summed E-state index contributed by atoms with van der Waals surface area (Å²) in [6.07, 6.45) is 4.17. The Labute approximate surface area is 107 Å². The molecule has 1 aliphatic rings.